The molecule has 0 unspecified atom stereocenters. The second-order valence-electron chi connectivity index (χ2n) is 7.03. The van der Waals surface area contributed by atoms with Crippen molar-refractivity contribution >= 4 is 45.9 Å². The van der Waals surface area contributed by atoms with Crippen LogP contribution >= 0.6 is 11.6 Å². The number of fused-ring (bicyclic) bond motifs is 1. The molecule has 0 aliphatic carbocycles. The Hall–Kier alpha value is -4.28. The summed E-state index contributed by atoms with van der Waals surface area (Å²) in [4.78, 5) is 19.8. The largest absolute Gasteiger partial charge is 0.493 e. The standard InChI is InChI=1S/C25H19ClN4O3/c1-32-23-12-16(11-17(14-27)25-29-20-7-2-3-8-21(20)30-25)9-10-22(23)33-15-24(31)28-19-6-4-5-18(26)13-19/h2-13H,15H2,1H3,(H,28,31)(H,29,30)/b17-11+. The van der Waals surface area contributed by atoms with E-state index in [0.717, 1.165) is 16.6 Å². The monoisotopic (exact) mass is 458 g/mol. The second-order valence-corrected chi connectivity index (χ2v) is 7.47. The number of aromatic amines is 1. The molecule has 1 heterocycles. The number of hydrogen-bond donors (Lipinski definition) is 2. The number of ether oxygens (including phenoxy) is 2. The number of carbonyl (C=O) groups excluding carboxylic acids is 1. The highest BCUT2D eigenvalue weighted by Crippen LogP contribution is 2.30. The molecule has 33 heavy (non-hydrogen) atoms. The molecule has 0 radical (unpaired) electrons. The minimum Gasteiger partial charge on any atom is -0.493 e. The number of para-hydroxylation sites is 2. The van der Waals surface area contributed by atoms with Crippen LogP contribution in [0.15, 0.2) is 66.7 Å². The van der Waals surface area contributed by atoms with E-state index in [4.69, 9.17) is 21.1 Å². The zero-order valence-electron chi connectivity index (χ0n) is 17.6. The van der Waals surface area contributed by atoms with Crippen LogP contribution in [0.2, 0.25) is 5.02 Å². The number of imidazole rings is 1. The molecule has 3 aromatic carbocycles. The number of anilines is 1. The molecule has 4 rings (SSSR count). The van der Waals surface area contributed by atoms with Crippen molar-refractivity contribution in [3.05, 3.63) is 83.1 Å². The van der Waals surface area contributed by atoms with Gasteiger partial charge in [0.2, 0.25) is 0 Å². The molecule has 0 saturated carbocycles. The van der Waals surface area contributed by atoms with Crippen molar-refractivity contribution in [3.8, 4) is 17.6 Å². The summed E-state index contributed by atoms with van der Waals surface area (Å²) in [6.07, 6.45) is 1.70. The van der Waals surface area contributed by atoms with Gasteiger partial charge in [0.05, 0.1) is 23.7 Å². The Labute approximate surface area is 195 Å². The normalized spacial score (nSPS) is 11.1. The predicted molar refractivity (Wildman–Crippen MR) is 128 cm³/mol. The number of rotatable bonds is 7. The van der Waals surface area contributed by atoms with Gasteiger partial charge in [-0.1, -0.05) is 35.9 Å². The van der Waals surface area contributed by atoms with Gasteiger partial charge >= 0.3 is 0 Å². The number of H-pyrrole nitrogens is 1. The van der Waals surface area contributed by atoms with Crippen molar-refractivity contribution in [1.29, 1.82) is 5.26 Å². The molecule has 4 aromatic rings. The third-order valence-corrected chi connectivity index (χ3v) is 4.97. The van der Waals surface area contributed by atoms with Crippen molar-refractivity contribution in [1.82, 2.24) is 9.97 Å². The van der Waals surface area contributed by atoms with Crippen molar-refractivity contribution in [2.45, 2.75) is 0 Å². The molecule has 0 atom stereocenters. The van der Waals surface area contributed by atoms with E-state index < -0.39 is 0 Å². The summed E-state index contributed by atoms with van der Waals surface area (Å²) in [5.41, 5.74) is 3.32. The maximum atomic E-state index is 12.2. The average molecular weight is 459 g/mol. The molecule has 2 N–H and O–H groups in total. The van der Waals surface area contributed by atoms with Gasteiger partial charge in [-0.15, -0.1) is 0 Å². The van der Waals surface area contributed by atoms with E-state index in [0.29, 0.717) is 33.6 Å². The quantitative estimate of drug-likeness (QED) is 0.366. The topological polar surface area (TPSA) is 100 Å². The maximum Gasteiger partial charge on any atom is 0.262 e. The molecule has 7 nitrogen and oxygen atoms in total. The van der Waals surface area contributed by atoms with Crippen LogP contribution in [-0.4, -0.2) is 29.6 Å². The van der Waals surface area contributed by atoms with Gasteiger partial charge in [-0.3, -0.25) is 4.79 Å². The van der Waals surface area contributed by atoms with Gasteiger partial charge < -0.3 is 19.8 Å². The molecule has 1 aromatic heterocycles. The fraction of sp³-hybridized carbons (Fsp3) is 0.0800. The molecular weight excluding hydrogens is 440 g/mol. The fourth-order valence-corrected chi connectivity index (χ4v) is 3.39. The van der Waals surface area contributed by atoms with Gasteiger partial charge in [-0.2, -0.15) is 5.26 Å². The van der Waals surface area contributed by atoms with Gasteiger partial charge in [0.25, 0.3) is 5.91 Å². The Bertz CT molecular complexity index is 1350. The predicted octanol–water partition coefficient (Wildman–Crippen LogP) is 5.31. The van der Waals surface area contributed by atoms with Gasteiger partial charge in [0, 0.05) is 10.7 Å². The number of methoxy groups -OCH3 is 1. The number of hydrogen-bond acceptors (Lipinski definition) is 5. The van der Waals surface area contributed by atoms with Gasteiger partial charge in [-0.25, -0.2) is 4.98 Å². The highest BCUT2D eigenvalue weighted by Gasteiger charge is 2.11. The smallest absolute Gasteiger partial charge is 0.262 e. The third-order valence-electron chi connectivity index (χ3n) is 4.73. The highest BCUT2D eigenvalue weighted by atomic mass is 35.5. The number of carbonyl (C=O) groups is 1. The molecule has 1 amide bonds. The molecular formula is C25H19ClN4O3. The molecule has 8 heteroatoms. The van der Waals surface area contributed by atoms with E-state index in [-0.39, 0.29) is 12.5 Å². The van der Waals surface area contributed by atoms with Crippen molar-refractivity contribution in [3.63, 3.8) is 0 Å². The summed E-state index contributed by atoms with van der Waals surface area (Å²) in [6.45, 7) is -0.208. The van der Waals surface area contributed by atoms with E-state index in [2.05, 4.69) is 21.4 Å². The Morgan fingerprint density at radius 2 is 2.00 bits per heavy atom. The van der Waals surface area contributed by atoms with E-state index >= 15 is 0 Å². The number of amides is 1. The van der Waals surface area contributed by atoms with Gasteiger partial charge in [0.1, 0.15) is 11.9 Å². The summed E-state index contributed by atoms with van der Waals surface area (Å²) in [5.74, 6) is 0.981. The molecule has 0 aliphatic rings. The first kappa shape index (κ1) is 21.9. The SMILES string of the molecule is COc1cc(/C=C(\C#N)c2nc3ccccc3[nH]2)ccc1OCC(=O)Nc1cccc(Cl)c1. The molecule has 0 fully saturated rings. The first-order chi connectivity index (χ1) is 16.1. The molecule has 0 bridgehead atoms. The lowest BCUT2D eigenvalue weighted by molar-refractivity contribution is -0.118. The Kier molecular flexibility index (Phi) is 6.58. The zero-order chi connectivity index (χ0) is 23.2. The number of benzene rings is 3. The average Bonchev–Trinajstić information content (AvgIpc) is 3.25. The Morgan fingerprint density at radius 3 is 2.76 bits per heavy atom. The maximum absolute atomic E-state index is 12.2. The minimum absolute atomic E-state index is 0.208. The van der Waals surface area contributed by atoms with Crippen LogP contribution in [0.3, 0.4) is 0 Å². The fourth-order valence-electron chi connectivity index (χ4n) is 3.20. The van der Waals surface area contributed by atoms with Gasteiger partial charge in [0.15, 0.2) is 18.1 Å². The molecule has 0 spiro atoms. The van der Waals surface area contributed by atoms with E-state index in [1.54, 1.807) is 48.5 Å². The first-order valence-corrected chi connectivity index (χ1v) is 10.4. The zero-order valence-corrected chi connectivity index (χ0v) is 18.4. The summed E-state index contributed by atoms with van der Waals surface area (Å²) in [6, 6.07) is 21.8. The van der Waals surface area contributed by atoms with Crippen LogP contribution in [0.25, 0.3) is 22.7 Å². The van der Waals surface area contributed by atoms with Crippen LogP contribution in [-0.2, 0) is 4.79 Å². The number of nitriles is 1. The molecule has 164 valence electrons. The number of allylic oxidation sites excluding steroid dienone is 1. The minimum atomic E-state index is -0.333. The highest BCUT2D eigenvalue weighted by molar-refractivity contribution is 6.30. The van der Waals surface area contributed by atoms with Crippen LogP contribution in [0.5, 0.6) is 11.5 Å². The Balaban J connectivity index is 1.48. The van der Waals surface area contributed by atoms with Gasteiger partial charge in [-0.05, 0) is 54.1 Å². The first-order valence-electron chi connectivity index (χ1n) is 9.99. The summed E-state index contributed by atoms with van der Waals surface area (Å²) >= 11 is 5.93. The number of nitrogens with one attached hydrogen (secondary N) is 2. The van der Waals surface area contributed by atoms with Crippen LogP contribution in [0.4, 0.5) is 5.69 Å². The van der Waals surface area contributed by atoms with Crippen LogP contribution < -0.4 is 14.8 Å². The van der Waals surface area contributed by atoms with E-state index in [9.17, 15) is 10.1 Å². The molecule has 0 aliphatic heterocycles. The van der Waals surface area contributed by atoms with Crippen LogP contribution in [0.1, 0.15) is 11.4 Å². The van der Waals surface area contributed by atoms with Crippen molar-refractivity contribution in [2.75, 3.05) is 19.0 Å². The molecule has 0 saturated heterocycles. The lowest BCUT2D eigenvalue weighted by Crippen LogP contribution is -2.20. The Morgan fingerprint density at radius 1 is 1.15 bits per heavy atom. The van der Waals surface area contributed by atoms with Crippen molar-refractivity contribution in [2.24, 2.45) is 0 Å². The third kappa shape index (κ3) is 5.32. The number of aromatic nitrogens is 2. The number of halogens is 1. The van der Waals surface area contributed by atoms with E-state index in [1.807, 2.05) is 24.3 Å². The second kappa shape index (κ2) is 9.90. The summed E-state index contributed by atoms with van der Waals surface area (Å²) in [5, 5.41) is 12.9. The summed E-state index contributed by atoms with van der Waals surface area (Å²) < 4.78 is 11.0. The lowest BCUT2D eigenvalue weighted by atomic mass is 10.1. The van der Waals surface area contributed by atoms with Crippen molar-refractivity contribution < 1.29 is 14.3 Å². The summed E-state index contributed by atoms with van der Waals surface area (Å²) in [7, 11) is 1.51. The lowest BCUT2D eigenvalue weighted by Gasteiger charge is -2.12. The van der Waals surface area contributed by atoms with Crippen LogP contribution in [0, 0.1) is 11.3 Å². The number of nitrogens with zero attached hydrogens (tertiary/aromatic N) is 2. The van der Waals surface area contributed by atoms with E-state index in [1.165, 1.54) is 7.11 Å².